The molecule has 11 nitrogen and oxygen atoms in total. The molecule has 0 bridgehead atoms. The first-order valence-electron chi connectivity index (χ1n) is 15.4. The number of methoxy groups -OCH3 is 1. The average molecular weight is 712 g/mol. The van der Waals surface area contributed by atoms with E-state index in [0.717, 1.165) is 11.3 Å². The average Bonchev–Trinajstić information content (AvgIpc) is 3.78. The summed E-state index contributed by atoms with van der Waals surface area (Å²) in [5, 5.41) is 3.30. The number of ketones is 1. The van der Waals surface area contributed by atoms with Crippen molar-refractivity contribution >= 4 is 52.0 Å². The third-order valence-electron chi connectivity index (χ3n) is 7.87. The Hall–Kier alpha value is -5.62. The third kappa shape index (κ3) is 7.20. The summed E-state index contributed by atoms with van der Waals surface area (Å²) in [6, 6.07) is 24.1. The molecule has 0 saturated carbocycles. The van der Waals surface area contributed by atoms with Crippen molar-refractivity contribution in [2.45, 2.75) is 19.3 Å². The van der Waals surface area contributed by atoms with Crippen LogP contribution in [-0.2, 0) is 18.0 Å². The molecule has 3 aromatic heterocycles. The molecule has 0 aliphatic rings. The van der Waals surface area contributed by atoms with Crippen LogP contribution in [0.15, 0.2) is 103 Å². The summed E-state index contributed by atoms with van der Waals surface area (Å²) in [4.78, 5) is 39.9. The summed E-state index contributed by atoms with van der Waals surface area (Å²) in [6.45, 7) is 0.213. The van der Waals surface area contributed by atoms with Gasteiger partial charge in [0.05, 0.1) is 23.5 Å². The second-order valence-electron chi connectivity index (χ2n) is 11.0. The van der Waals surface area contributed by atoms with Gasteiger partial charge in [-0.05, 0) is 72.3 Å². The van der Waals surface area contributed by atoms with Crippen LogP contribution in [0.3, 0.4) is 0 Å². The van der Waals surface area contributed by atoms with Crippen LogP contribution in [0.25, 0.3) is 22.8 Å². The third-order valence-corrected chi connectivity index (χ3v) is 8.65. The number of pyridine rings is 1. The molecule has 254 valence electrons. The minimum atomic E-state index is -0.986. The van der Waals surface area contributed by atoms with Gasteiger partial charge in [0.15, 0.2) is 12.4 Å². The smallest absolute Gasteiger partial charge is 0.331 e. The Bertz CT molecular complexity index is 2180. The van der Waals surface area contributed by atoms with Gasteiger partial charge in [0.1, 0.15) is 29.4 Å². The highest BCUT2D eigenvalue weighted by molar-refractivity contribution is 6.37. The lowest BCUT2D eigenvalue weighted by molar-refractivity contribution is -0.115. The van der Waals surface area contributed by atoms with Crippen LogP contribution < -0.4 is 25.4 Å². The van der Waals surface area contributed by atoms with Crippen LogP contribution in [0.1, 0.15) is 38.9 Å². The van der Waals surface area contributed by atoms with E-state index in [-0.39, 0.29) is 30.9 Å². The standard InChI is InChI=1S/C37H32Cl2N6O5/c1-41-36(47)24-14-11-23(12-15-24)13-18-31(46)34(40)29-9-6-20-44(29)28-17-16-27(38)26(33(28)39)22-49-32-10-5-8-30-35(32)43-37(48-2)45(30)50-21-25-7-3-4-19-42-25/h3-20,34H,21-22,40H2,1-2H3,(H,41,47)/b18-13+. The van der Waals surface area contributed by atoms with Crippen LogP contribution in [0.5, 0.6) is 11.8 Å². The number of amides is 1. The molecule has 50 heavy (non-hydrogen) atoms. The largest absolute Gasteiger partial charge is 0.486 e. The number of aromatic nitrogens is 4. The summed E-state index contributed by atoms with van der Waals surface area (Å²) in [6.07, 6.45) is 6.54. The van der Waals surface area contributed by atoms with Crippen LogP contribution in [0.4, 0.5) is 0 Å². The Balaban J connectivity index is 1.21. The maximum absolute atomic E-state index is 13.2. The van der Waals surface area contributed by atoms with Gasteiger partial charge in [-0.3, -0.25) is 14.6 Å². The van der Waals surface area contributed by atoms with E-state index in [4.69, 9.17) is 43.2 Å². The number of hydrogen-bond acceptors (Lipinski definition) is 8. The number of fused-ring (bicyclic) bond motifs is 1. The van der Waals surface area contributed by atoms with E-state index >= 15 is 0 Å². The van der Waals surface area contributed by atoms with Crippen LogP contribution in [0.2, 0.25) is 10.0 Å². The van der Waals surface area contributed by atoms with Gasteiger partial charge in [0.2, 0.25) is 0 Å². The number of halogens is 2. The van der Waals surface area contributed by atoms with Gasteiger partial charge in [0.25, 0.3) is 5.91 Å². The van der Waals surface area contributed by atoms with E-state index in [1.54, 1.807) is 84.7 Å². The Kier molecular flexibility index (Phi) is 10.5. The van der Waals surface area contributed by atoms with Gasteiger partial charge in [0, 0.05) is 41.3 Å². The van der Waals surface area contributed by atoms with E-state index in [1.807, 2.05) is 30.3 Å². The van der Waals surface area contributed by atoms with Crippen molar-refractivity contribution in [3.63, 3.8) is 0 Å². The molecule has 0 fully saturated rings. The van der Waals surface area contributed by atoms with E-state index in [9.17, 15) is 9.59 Å². The highest BCUT2D eigenvalue weighted by Gasteiger charge is 2.22. The fourth-order valence-corrected chi connectivity index (χ4v) is 5.82. The first-order valence-corrected chi connectivity index (χ1v) is 16.2. The lowest BCUT2D eigenvalue weighted by Gasteiger charge is -2.18. The molecule has 3 heterocycles. The number of ether oxygens (including phenoxy) is 2. The van der Waals surface area contributed by atoms with Gasteiger partial charge in [-0.2, -0.15) is 4.98 Å². The Morgan fingerprint density at radius 1 is 0.980 bits per heavy atom. The molecule has 13 heteroatoms. The number of imidazole rings is 1. The number of nitrogens with two attached hydrogens (primary N) is 1. The fourth-order valence-electron chi connectivity index (χ4n) is 5.25. The fraction of sp³-hybridized carbons (Fsp3) is 0.135. The second kappa shape index (κ2) is 15.3. The molecule has 0 spiro atoms. The minimum absolute atomic E-state index is 0.0115. The predicted octanol–water partition coefficient (Wildman–Crippen LogP) is 6.39. The summed E-state index contributed by atoms with van der Waals surface area (Å²) >= 11 is 13.6. The van der Waals surface area contributed by atoms with Crippen LogP contribution in [0, 0.1) is 0 Å². The molecule has 3 N–H and O–H groups in total. The number of carbonyl (C=O) groups is 2. The first kappa shape index (κ1) is 34.3. The number of nitrogens with one attached hydrogen (secondary N) is 1. The van der Waals surface area contributed by atoms with E-state index in [1.165, 1.54) is 17.9 Å². The van der Waals surface area contributed by atoms with Gasteiger partial charge in [-0.25, -0.2) is 0 Å². The van der Waals surface area contributed by atoms with Crippen molar-refractivity contribution in [2.24, 2.45) is 5.73 Å². The second-order valence-corrected chi connectivity index (χ2v) is 11.8. The maximum Gasteiger partial charge on any atom is 0.331 e. The zero-order valence-electron chi connectivity index (χ0n) is 27.0. The zero-order valence-corrected chi connectivity index (χ0v) is 28.6. The molecule has 1 amide bonds. The van der Waals surface area contributed by atoms with Crippen LogP contribution in [-0.4, -0.2) is 45.1 Å². The predicted molar refractivity (Wildman–Crippen MR) is 192 cm³/mol. The molecule has 0 radical (unpaired) electrons. The molecule has 6 rings (SSSR count). The number of carbonyl (C=O) groups excluding carboxylic acids is 2. The SMILES string of the molecule is CNC(=O)c1ccc(/C=C/C(=O)C(N)c2cccn2-c2ccc(Cl)c(COc3cccc4c3nc(OC)n4OCc3ccccn3)c2Cl)cc1. The van der Waals surface area contributed by atoms with E-state index < -0.39 is 6.04 Å². The van der Waals surface area contributed by atoms with Gasteiger partial charge in [-0.1, -0.05) is 53.5 Å². The number of hydrogen-bond donors (Lipinski definition) is 2. The molecule has 0 aliphatic carbocycles. The quantitative estimate of drug-likeness (QED) is 0.132. The van der Waals surface area contributed by atoms with Gasteiger partial charge < -0.3 is 29.9 Å². The minimum Gasteiger partial charge on any atom is -0.486 e. The first-order chi connectivity index (χ1) is 24.3. The molecule has 1 unspecified atom stereocenters. The van der Waals surface area contributed by atoms with Crippen molar-refractivity contribution in [1.29, 1.82) is 0 Å². The van der Waals surface area contributed by atoms with Crippen molar-refractivity contribution in [3.8, 4) is 17.4 Å². The van der Waals surface area contributed by atoms with E-state index in [2.05, 4.69) is 15.3 Å². The number of nitrogens with zero attached hydrogens (tertiary/aromatic N) is 4. The summed E-state index contributed by atoms with van der Waals surface area (Å²) in [5.74, 6) is -0.0492. The topological polar surface area (TPSA) is 136 Å². The van der Waals surface area contributed by atoms with Crippen molar-refractivity contribution < 1.29 is 23.9 Å². The Morgan fingerprint density at radius 3 is 2.54 bits per heavy atom. The monoisotopic (exact) mass is 710 g/mol. The molecule has 6 aromatic rings. The zero-order chi connectivity index (χ0) is 35.2. The molecule has 0 saturated heterocycles. The van der Waals surface area contributed by atoms with Gasteiger partial charge >= 0.3 is 6.01 Å². The highest BCUT2D eigenvalue weighted by Crippen LogP contribution is 2.35. The van der Waals surface area contributed by atoms with Crippen LogP contribution >= 0.6 is 23.2 Å². The molecular weight excluding hydrogens is 679 g/mol. The molecule has 3 aromatic carbocycles. The maximum atomic E-state index is 13.2. The van der Waals surface area contributed by atoms with Crippen molar-refractivity contribution in [3.05, 3.63) is 142 Å². The summed E-state index contributed by atoms with van der Waals surface area (Å²) < 4.78 is 15.0. The van der Waals surface area contributed by atoms with E-state index in [0.29, 0.717) is 49.3 Å². The molecule has 0 aliphatic heterocycles. The highest BCUT2D eigenvalue weighted by atomic mass is 35.5. The lowest BCUT2D eigenvalue weighted by atomic mass is 10.1. The molecule has 1 atom stereocenters. The lowest BCUT2D eigenvalue weighted by Crippen LogP contribution is -2.22. The van der Waals surface area contributed by atoms with Crippen molar-refractivity contribution in [1.82, 2.24) is 24.6 Å². The number of benzene rings is 3. The summed E-state index contributed by atoms with van der Waals surface area (Å²) in [5.41, 5.74) is 11.2. The summed E-state index contributed by atoms with van der Waals surface area (Å²) in [7, 11) is 3.07. The number of rotatable bonds is 13. The Labute approximate surface area is 297 Å². The van der Waals surface area contributed by atoms with Gasteiger partial charge in [-0.15, -0.1) is 4.73 Å². The molecular formula is C37H32Cl2N6O5. The number of para-hydroxylation sites is 1. The Morgan fingerprint density at radius 2 is 1.80 bits per heavy atom. The van der Waals surface area contributed by atoms with Crippen molar-refractivity contribution in [2.75, 3.05) is 14.2 Å². The normalized spacial score (nSPS) is 11.9.